The van der Waals surface area contributed by atoms with Crippen LogP contribution < -0.4 is 5.32 Å². The minimum atomic E-state index is -4.85. The van der Waals surface area contributed by atoms with E-state index >= 15 is 0 Å². The fraction of sp³-hybridized carbons (Fsp3) is 0.250. The molecule has 1 atom stereocenters. The molecule has 0 bridgehead atoms. The van der Waals surface area contributed by atoms with E-state index in [2.05, 4.69) is 15.4 Å². The smallest absolute Gasteiger partial charge is 0.378 e. The van der Waals surface area contributed by atoms with E-state index < -0.39 is 35.1 Å². The van der Waals surface area contributed by atoms with Gasteiger partial charge in [0.1, 0.15) is 5.82 Å². The Labute approximate surface area is 168 Å². The lowest BCUT2D eigenvalue weighted by molar-refractivity contribution is -0.207. The summed E-state index contributed by atoms with van der Waals surface area (Å²) >= 11 is 0. The van der Waals surface area contributed by atoms with Gasteiger partial charge in [0.05, 0.1) is 16.8 Å². The number of carbonyl (C=O) groups is 1. The van der Waals surface area contributed by atoms with Gasteiger partial charge in [0.2, 0.25) is 5.91 Å². The summed E-state index contributed by atoms with van der Waals surface area (Å²) in [6, 6.07) is 10.0. The quantitative estimate of drug-likeness (QED) is 0.618. The van der Waals surface area contributed by atoms with Crippen molar-refractivity contribution >= 4 is 11.7 Å². The molecule has 1 aliphatic rings. The highest BCUT2D eigenvalue weighted by Gasteiger charge is 2.52. The molecule has 1 saturated carbocycles. The highest BCUT2D eigenvalue weighted by atomic mass is 19.4. The van der Waals surface area contributed by atoms with E-state index in [1.807, 2.05) is 0 Å². The highest BCUT2D eigenvalue weighted by molar-refractivity contribution is 6.00. The van der Waals surface area contributed by atoms with Gasteiger partial charge in [-0.1, -0.05) is 18.2 Å². The molecule has 4 rings (SSSR count). The van der Waals surface area contributed by atoms with Crippen LogP contribution in [0.2, 0.25) is 0 Å². The zero-order valence-corrected chi connectivity index (χ0v) is 15.4. The van der Waals surface area contributed by atoms with Crippen molar-refractivity contribution in [3.8, 4) is 5.69 Å². The van der Waals surface area contributed by atoms with Crippen LogP contribution in [0.1, 0.15) is 30.2 Å². The third-order valence-electron chi connectivity index (χ3n) is 5.02. The van der Waals surface area contributed by atoms with E-state index in [1.165, 1.54) is 29.1 Å². The second kappa shape index (κ2) is 7.21. The fourth-order valence-electron chi connectivity index (χ4n) is 3.26. The fourth-order valence-corrected chi connectivity index (χ4v) is 3.26. The standard InChI is InChI=1S/C20H16F4N4O2/c21-14-4-2-1-3-13(14)19(7-8-19)18(30)26-16-6-10-28(27-16)12-5-9-25-15(11-12)17(29)20(22,23)24/h1-6,9-11,17,29H,7-8H2,(H,26,27,30). The van der Waals surface area contributed by atoms with E-state index in [-0.39, 0.29) is 11.5 Å². The lowest BCUT2D eigenvalue weighted by atomic mass is 9.94. The Morgan fingerprint density at radius 2 is 1.93 bits per heavy atom. The topological polar surface area (TPSA) is 80.0 Å². The molecule has 1 fully saturated rings. The average Bonchev–Trinajstić information content (AvgIpc) is 3.39. The van der Waals surface area contributed by atoms with Crippen molar-refractivity contribution in [1.29, 1.82) is 0 Å². The molecule has 10 heteroatoms. The van der Waals surface area contributed by atoms with Gasteiger partial charge in [0.15, 0.2) is 11.9 Å². The Morgan fingerprint density at radius 3 is 2.60 bits per heavy atom. The van der Waals surface area contributed by atoms with Crippen molar-refractivity contribution in [2.45, 2.75) is 30.5 Å². The predicted octanol–water partition coefficient (Wildman–Crippen LogP) is 3.67. The van der Waals surface area contributed by atoms with Crippen molar-refractivity contribution in [1.82, 2.24) is 14.8 Å². The first-order valence-corrected chi connectivity index (χ1v) is 9.04. The number of carbonyl (C=O) groups excluding carboxylic acids is 1. The number of anilines is 1. The monoisotopic (exact) mass is 420 g/mol. The Bertz CT molecular complexity index is 1090. The first kappa shape index (κ1) is 20.0. The summed E-state index contributed by atoms with van der Waals surface area (Å²) in [5.74, 6) is -0.693. The number of aliphatic hydroxyl groups is 1. The maximum Gasteiger partial charge on any atom is 0.420 e. The number of rotatable bonds is 5. The number of aromatic nitrogens is 3. The summed E-state index contributed by atoms with van der Waals surface area (Å²) in [4.78, 5) is 16.3. The number of amides is 1. The van der Waals surface area contributed by atoms with Gasteiger partial charge < -0.3 is 10.4 Å². The Morgan fingerprint density at radius 1 is 1.20 bits per heavy atom. The van der Waals surface area contributed by atoms with E-state index in [4.69, 9.17) is 0 Å². The number of nitrogens with zero attached hydrogens (tertiary/aromatic N) is 3. The van der Waals surface area contributed by atoms with Gasteiger partial charge in [-0.05, 0) is 31.0 Å². The van der Waals surface area contributed by atoms with Crippen molar-refractivity contribution in [2.75, 3.05) is 5.32 Å². The minimum absolute atomic E-state index is 0.164. The maximum atomic E-state index is 14.1. The lowest BCUT2D eigenvalue weighted by Crippen LogP contribution is -2.29. The molecular weight excluding hydrogens is 404 g/mol. The summed E-state index contributed by atoms with van der Waals surface area (Å²) < 4.78 is 53.5. The van der Waals surface area contributed by atoms with Gasteiger partial charge in [0, 0.05) is 24.0 Å². The lowest BCUT2D eigenvalue weighted by Gasteiger charge is -2.15. The van der Waals surface area contributed by atoms with Crippen molar-refractivity contribution in [2.24, 2.45) is 0 Å². The third kappa shape index (κ3) is 3.65. The maximum absolute atomic E-state index is 14.1. The highest BCUT2D eigenvalue weighted by Crippen LogP contribution is 2.49. The van der Waals surface area contributed by atoms with Crippen LogP contribution in [0.15, 0.2) is 54.9 Å². The molecule has 156 valence electrons. The molecule has 1 unspecified atom stereocenters. The van der Waals surface area contributed by atoms with Gasteiger partial charge in [-0.2, -0.15) is 18.3 Å². The van der Waals surface area contributed by atoms with E-state index in [0.29, 0.717) is 18.4 Å². The number of hydrogen-bond acceptors (Lipinski definition) is 4. The Balaban J connectivity index is 1.53. The zero-order valence-electron chi connectivity index (χ0n) is 15.4. The summed E-state index contributed by atoms with van der Waals surface area (Å²) in [5.41, 5.74) is -0.978. The molecule has 1 amide bonds. The van der Waals surface area contributed by atoms with E-state index in [0.717, 1.165) is 12.3 Å². The molecule has 1 aromatic carbocycles. The van der Waals surface area contributed by atoms with Crippen LogP contribution in [0, 0.1) is 5.82 Å². The van der Waals surface area contributed by atoms with Crippen LogP contribution in [0.4, 0.5) is 23.4 Å². The third-order valence-corrected chi connectivity index (χ3v) is 5.02. The van der Waals surface area contributed by atoms with Crippen molar-refractivity contribution in [3.05, 3.63) is 71.9 Å². The Kier molecular flexibility index (Phi) is 4.81. The molecule has 30 heavy (non-hydrogen) atoms. The van der Waals surface area contributed by atoms with Crippen LogP contribution in [-0.4, -0.2) is 32.0 Å². The van der Waals surface area contributed by atoms with Crippen molar-refractivity contribution < 1.29 is 27.5 Å². The van der Waals surface area contributed by atoms with E-state index in [1.54, 1.807) is 18.2 Å². The van der Waals surface area contributed by atoms with Gasteiger partial charge >= 0.3 is 6.18 Å². The molecule has 0 aliphatic heterocycles. The number of nitrogens with one attached hydrogen (secondary N) is 1. The van der Waals surface area contributed by atoms with Gasteiger partial charge in [-0.25, -0.2) is 9.07 Å². The molecule has 3 aromatic rings. The van der Waals surface area contributed by atoms with Crippen LogP contribution in [0.25, 0.3) is 5.69 Å². The van der Waals surface area contributed by atoms with Gasteiger partial charge in [-0.15, -0.1) is 0 Å². The van der Waals surface area contributed by atoms with Gasteiger partial charge in [-0.3, -0.25) is 9.78 Å². The number of hydrogen-bond donors (Lipinski definition) is 2. The molecule has 6 nitrogen and oxygen atoms in total. The largest absolute Gasteiger partial charge is 0.420 e. The predicted molar refractivity (Wildman–Crippen MR) is 98.3 cm³/mol. The molecule has 2 aromatic heterocycles. The van der Waals surface area contributed by atoms with Gasteiger partial charge in [0.25, 0.3) is 0 Å². The SMILES string of the molecule is O=C(Nc1ccn(-c2ccnc(C(O)C(F)(F)F)c2)n1)C1(c2ccccc2F)CC1. The first-order valence-electron chi connectivity index (χ1n) is 9.04. The summed E-state index contributed by atoms with van der Waals surface area (Å²) in [6.45, 7) is 0. The zero-order chi connectivity index (χ0) is 21.5. The van der Waals surface area contributed by atoms with Crippen LogP contribution in [0.5, 0.6) is 0 Å². The summed E-state index contributed by atoms with van der Waals surface area (Å²) in [5, 5.41) is 16.2. The first-order chi connectivity index (χ1) is 14.2. The number of alkyl halides is 3. The summed E-state index contributed by atoms with van der Waals surface area (Å²) in [6.07, 6.45) is -4.00. The number of aliphatic hydroxyl groups excluding tert-OH is 1. The summed E-state index contributed by atoms with van der Waals surface area (Å²) in [7, 11) is 0. The van der Waals surface area contributed by atoms with Crippen molar-refractivity contribution in [3.63, 3.8) is 0 Å². The molecule has 1 aliphatic carbocycles. The van der Waals surface area contributed by atoms with Crippen LogP contribution in [-0.2, 0) is 10.2 Å². The molecule has 0 spiro atoms. The molecule has 0 radical (unpaired) electrons. The average molecular weight is 420 g/mol. The number of pyridine rings is 1. The van der Waals surface area contributed by atoms with Crippen LogP contribution >= 0.6 is 0 Å². The second-order valence-corrected chi connectivity index (χ2v) is 7.04. The second-order valence-electron chi connectivity index (χ2n) is 7.04. The molecule has 2 heterocycles. The molecular formula is C20H16F4N4O2. The molecule has 0 saturated heterocycles. The van der Waals surface area contributed by atoms with E-state index in [9.17, 15) is 27.5 Å². The molecule has 2 N–H and O–H groups in total. The number of halogens is 4. The van der Waals surface area contributed by atoms with Crippen LogP contribution in [0.3, 0.4) is 0 Å². The Hall–Kier alpha value is -3.27. The number of benzene rings is 1. The normalized spacial score (nSPS) is 16.2. The minimum Gasteiger partial charge on any atom is -0.378 e.